The third-order valence-electron chi connectivity index (χ3n) is 3.18. The molecule has 3 rings (SSSR count). The van der Waals surface area contributed by atoms with Gasteiger partial charge in [0.05, 0.1) is 22.3 Å². The van der Waals surface area contributed by atoms with Crippen molar-refractivity contribution in [3.05, 3.63) is 60.6 Å². The lowest BCUT2D eigenvalue weighted by atomic mass is 10.2. The number of hydrogen-bond donors (Lipinski definition) is 1. The van der Waals surface area contributed by atoms with Gasteiger partial charge in [0.2, 0.25) is 0 Å². The zero-order valence-electron chi connectivity index (χ0n) is 11.3. The molecule has 0 unspecified atom stereocenters. The van der Waals surface area contributed by atoms with Crippen molar-refractivity contribution in [2.45, 2.75) is 11.8 Å². The molecule has 0 radical (unpaired) electrons. The van der Waals surface area contributed by atoms with Crippen LogP contribution in [0.1, 0.15) is 5.56 Å². The molecule has 106 valence electrons. The van der Waals surface area contributed by atoms with E-state index in [9.17, 15) is 8.42 Å². The Hall–Kier alpha value is -2.47. The second-order valence-electron chi connectivity index (χ2n) is 4.62. The van der Waals surface area contributed by atoms with E-state index < -0.39 is 10.0 Å². The van der Waals surface area contributed by atoms with Gasteiger partial charge in [0, 0.05) is 17.8 Å². The summed E-state index contributed by atoms with van der Waals surface area (Å²) in [6, 6.07) is 10.2. The molecule has 1 N–H and O–H groups in total. The van der Waals surface area contributed by atoms with Crippen molar-refractivity contribution < 1.29 is 8.42 Å². The second kappa shape index (κ2) is 5.14. The molecule has 0 saturated carbocycles. The van der Waals surface area contributed by atoms with Crippen LogP contribution in [-0.4, -0.2) is 18.4 Å². The van der Waals surface area contributed by atoms with Crippen LogP contribution >= 0.6 is 0 Å². The van der Waals surface area contributed by atoms with Gasteiger partial charge in [0.25, 0.3) is 10.0 Å². The van der Waals surface area contributed by atoms with E-state index in [1.54, 1.807) is 48.8 Å². The van der Waals surface area contributed by atoms with Gasteiger partial charge in [-0.05, 0) is 42.8 Å². The van der Waals surface area contributed by atoms with Crippen molar-refractivity contribution >= 4 is 26.6 Å². The Labute approximate surface area is 122 Å². The van der Waals surface area contributed by atoms with Crippen LogP contribution in [-0.2, 0) is 10.0 Å². The Kier molecular flexibility index (Phi) is 3.31. The predicted molar refractivity (Wildman–Crippen MR) is 81.5 cm³/mol. The molecule has 0 saturated heterocycles. The highest BCUT2D eigenvalue weighted by molar-refractivity contribution is 7.93. The van der Waals surface area contributed by atoms with Crippen molar-refractivity contribution in [3.63, 3.8) is 0 Å². The van der Waals surface area contributed by atoms with Crippen molar-refractivity contribution in [2.75, 3.05) is 4.72 Å². The minimum absolute atomic E-state index is 0.205. The van der Waals surface area contributed by atoms with Gasteiger partial charge in [-0.15, -0.1) is 0 Å². The Morgan fingerprint density at radius 2 is 1.90 bits per heavy atom. The summed E-state index contributed by atoms with van der Waals surface area (Å²) in [5.74, 6) is 0. The highest BCUT2D eigenvalue weighted by Crippen LogP contribution is 2.24. The van der Waals surface area contributed by atoms with Gasteiger partial charge in [-0.2, -0.15) is 0 Å². The SMILES string of the molecule is Cc1ccncc1NS(=O)(=O)c1cccc2ncccc12. The molecule has 0 aliphatic carbocycles. The standard InChI is InChI=1S/C15H13N3O2S/c1-11-7-9-16-10-14(11)18-21(19,20)15-6-2-5-13-12(15)4-3-8-17-13/h2-10,18H,1H3. The monoisotopic (exact) mass is 299 g/mol. The number of hydrogen-bond acceptors (Lipinski definition) is 4. The fourth-order valence-corrected chi connectivity index (χ4v) is 3.41. The highest BCUT2D eigenvalue weighted by Gasteiger charge is 2.18. The molecule has 2 heterocycles. The van der Waals surface area contributed by atoms with Crippen LogP contribution in [0.3, 0.4) is 0 Å². The summed E-state index contributed by atoms with van der Waals surface area (Å²) in [6.45, 7) is 1.82. The molecular formula is C15H13N3O2S. The molecule has 21 heavy (non-hydrogen) atoms. The van der Waals surface area contributed by atoms with Crippen molar-refractivity contribution in [3.8, 4) is 0 Å². The summed E-state index contributed by atoms with van der Waals surface area (Å²) in [7, 11) is -3.69. The Bertz CT molecular complexity index is 902. The van der Waals surface area contributed by atoms with E-state index >= 15 is 0 Å². The topological polar surface area (TPSA) is 72.0 Å². The number of aromatic nitrogens is 2. The molecule has 6 heteroatoms. The van der Waals surface area contributed by atoms with Crippen LogP contribution in [0, 0.1) is 6.92 Å². The van der Waals surface area contributed by atoms with Gasteiger partial charge in [-0.1, -0.05) is 6.07 Å². The van der Waals surface area contributed by atoms with Crippen molar-refractivity contribution in [1.82, 2.24) is 9.97 Å². The first kappa shape index (κ1) is 13.5. The van der Waals surface area contributed by atoms with Gasteiger partial charge in [-0.3, -0.25) is 14.7 Å². The van der Waals surface area contributed by atoms with Crippen LogP contribution in [0.4, 0.5) is 5.69 Å². The molecule has 0 aliphatic heterocycles. The number of benzene rings is 1. The van der Waals surface area contributed by atoms with Gasteiger partial charge in [0.1, 0.15) is 0 Å². The molecule has 5 nitrogen and oxygen atoms in total. The molecule has 0 fully saturated rings. The summed E-state index contributed by atoms with van der Waals surface area (Å²) in [5, 5.41) is 0.592. The number of fused-ring (bicyclic) bond motifs is 1. The third-order valence-corrected chi connectivity index (χ3v) is 4.60. The van der Waals surface area contributed by atoms with E-state index in [2.05, 4.69) is 14.7 Å². The fourth-order valence-electron chi connectivity index (χ4n) is 2.08. The maximum Gasteiger partial charge on any atom is 0.262 e. The normalized spacial score (nSPS) is 11.5. The summed E-state index contributed by atoms with van der Waals surface area (Å²) < 4.78 is 27.8. The Morgan fingerprint density at radius 1 is 1.05 bits per heavy atom. The summed E-state index contributed by atoms with van der Waals surface area (Å²) in [5.41, 5.74) is 1.92. The number of rotatable bonds is 3. The first-order valence-electron chi connectivity index (χ1n) is 6.35. The first-order chi connectivity index (χ1) is 10.1. The van der Waals surface area contributed by atoms with Gasteiger partial charge in [0.15, 0.2) is 0 Å². The molecule has 0 bridgehead atoms. The first-order valence-corrected chi connectivity index (χ1v) is 7.83. The summed E-state index contributed by atoms with van der Waals surface area (Å²) in [6.07, 6.45) is 4.75. The molecule has 1 aromatic carbocycles. The van der Waals surface area contributed by atoms with E-state index in [1.807, 2.05) is 6.92 Å². The molecule has 0 atom stereocenters. The van der Waals surface area contributed by atoms with E-state index in [1.165, 1.54) is 6.20 Å². The lowest BCUT2D eigenvalue weighted by Crippen LogP contribution is -2.14. The largest absolute Gasteiger partial charge is 0.278 e. The van der Waals surface area contributed by atoms with Crippen LogP contribution in [0.2, 0.25) is 0 Å². The molecule has 0 spiro atoms. The maximum absolute atomic E-state index is 12.6. The lowest BCUT2D eigenvalue weighted by Gasteiger charge is -2.11. The zero-order chi connectivity index (χ0) is 14.9. The number of nitrogens with one attached hydrogen (secondary N) is 1. The average molecular weight is 299 g/mol. The highest BCUT2D eigenvalue weighted by atomic mass is 32.2. The summed E-state index contributed by atoms with van der Waals surface area (Å²) >= 11 is 0. The van der Waals surface area contributed by atoms with Gasteiger partial charge >= 0.3 is 0 Å². The maximum atomic E-state index is 12.6. The predicted octanol–water partition coefficient (Wildman–Crippen LogP) is 2.74. The Balaban J connectivity index is 2.11. The average Bonchev–Trinajstić information content (AvgIpc) is 2.49. The molecule has 0 aliphatic rings. The number of pyridine rings is 2. The molecular weight excluding hydrogens is 286 g/mol. The van der Waals surface area contributed by atoms with Crippen LogP contribution in [0.5, 0.6) is 0 Å². The lowest BCUT2D eigenvalue weighted by molar-refractivity contribution is 0.602. The Morgan fingerprint density at radius 3 is 2.71 bits per heavy atom. The quantitative estimate of drug-likeness (QED) is 0.807. The third kappa shape index (κ3) is 2.57. The number of anilines is 1. The van der Waals surface area contributed by atoms with E-state index in [0.717, 1.165) is 5.56 Å². The zero-order valence-corrected chi connectivity index (χ0v) is 12.1. The van der Waals surface area contributed by atoms with Gasteiger partial charge in [-0.25, -0.2) is 8.42 Å². The van der Waals surface area contributed by atoms with Crippen LogP contribution in [0.25, 0.3) is 10.9 Å². The molecule has 3 aromatic rings. The van der Waals surface area contributed by atoms with Crippen molar-refractivity contribution in [2.24, 2.45) is 0 Å². The number of sulfonamides is 1. The van der Waals surface area contributed by atoms with E-state index in [0.29, 0.717) is 16.6 Å². The van der Waals surface area contributed by atoms with Gasteiger partial charge < -0.3 is 0 Å². The van der Waals surface area contributed by atoms with Crippen molar-refractivity contribution in [1.29, 1.82) is 0 Å². The molecule has 2 aromatic heterocycles. The minimum atomic E-state index is -3.69. The van der Waals surface area contributed by atoms with E-state index in [-0.39, 0.29) is 4.90 Å². The fraction of sp³-hybridized carbons (Fsp3) is 0.0667. The minimum Gasteiger partial charge on any atom is -0.278 e. The second-order valence-corrected chi connectivity index (χ2v) is 6.27. The van der Waals surface area contributed by atoms with Crippen LogP contribution < -0.4 is 4.72 Å². The summed E-state index contributed by atoms with van der Waals surface area (Å²) in [4.78, 5) is 8.33. The number of nitrogens with zero attached hydrogens (tertiary/aromatic N) is 2. The van der Waals surface area contributed by atoms with E-state index in [4.69, 9.17) is 0 Å². The smallest absolute Gasteiger partial charge is 0.262 e. The number of aryl methyl sites for hydroxylation is 1. The van der Waals surface area contributed by atoms with Crippen LogP contribution in [0.15, 0.2) is 59.9 Å². The molecule has 0 amide bonds.